The largest absolute Gasteiger partial charge is 0.497 e. The number of hydrogen-bond donors (Lipinski definition) is 1. The Kier molecular flexibility index (Phi) is 7.95. The minimum absolute atomic E-state index is 0.0676. The summed E-state index contributed by atoms with van der Waals surface area (Å²) in [6, 6.07) is 4.06. The topological polar surface area (TPSA) is 90.9 Å². The zero-order valence-corrected chi connectivity index (χ0v) is 16.7. The third kappa shape index (κ3) is 6.95. The van der Waals surface area contributed by atoms with Gasteiger partial charge in [0, 0.05) is 6.07 Å². The molecule has 0 heterocycles. The van der Waals surface area contributed by atoms with E-state index in [-0.39, 0.29) is 16.7 Å². The van der Waals surface area contributed by atoms with Crippen LogP contribution in [0.1, 0.15) is 38.1 Å². The predicted octanol–water partition coefficient (Wildman–Crippen LogP) is 3.06. The maximum absolute atomic E-state index is 12.4. The average Bonchev–Trinajstić information content (AvgIpc) is 2.56. The van der Waals surface area contributed by atoms with Crippen molar-refractivity contribution in [2.75, 3.05) is 20.0 Å². The number of ether oxygens (including phenoxy) is 3. The SMILES string of the molecule is COc1ccc(C(=O)CSC(=O)C(C)NC(=O)OC(C)(C)C)c(OC)c1. The first-order valence-corrected chi connectivity index (χ1v) is 8.97. The monoisotopic (exact) mass is 383 g/mol. The van der Waals surface area contributed by atoms with Crippen LogP contribution in [0.5, 0.6) is 11.5 Å². The second-order valence-corrected chi connectivity index (χ2v) is 7.44. The second-order valence-electron chi connectivity index (χ2n) is 6.47. The maximum Gasteiger partial charge on any atom is 0.408 e. The van der Waals surface area contributed by atoms with Crippen molar-refractivity contribution in [1.82, 2.24) is 5.32 Å². The van der Waals surface area contributed by atoms with Gasteiger partial charge in [0.05, 0.1) is 31.6 Å². The van der Waals surface area contributed by atoms with E-state index in [1.165, 1.54) is 21.1 Å². The smallest absolute Gasteiger partial charge is 0.408 e. The van der Waals surface area contributed by atoms with E-state index in [1.54, 1.807) is 39.0 Å². The molecule has 1 amide bonds. The highest BCUT2D eigenvalue weighted by molar-refractivity contribution is 8.14. The first-order valence-electron chi connectivity index (χ1n) is 7.98. The Morgan fingerprint density at radius 2 is 1.81 bits per heavy atom. The predicted molar refractivity (Wildman–Crippen MR) is 100 cm³/mol. The number of hydrogen-bond acceptors (Lipinski definition) is 7. The highest BCUT2D eigenvalue weighted by Crippen LogP contribution is 2.26. The van der Waals surface area contributed by atoms with Gasteiger partial charge >= 0.3 is 6.09 Å². The van der Waals surface area contributed by atoms with Gasteiger partial charge in [-0.1, -0.05) is 11.8 Å². The molecule has 1 N–H and O–H groups in total. The maximum atomic E-state index is 12.4. The molecule has 1 unspecified atom stereocenters. The van der Waals surface area contributed by atoms with Crippen molar-refractivity contribution in [1.29, 1.82) is 0 Å². The quantitative estimate of drug-likeness (QED) is 0.724. The molecule has 0 aliphatic carbocycles. The number of nitrogens with one attached hydrogen (secondary N) is 1. The van der Waals surface area contributed by atoms with Gasteiger partial charge in [0.2, 0.25) is 5.12 Å². The molecule has 8 heteroatoms. The molecule has 0 saturated carbocycles. The van der Waals surface area contributed by atoms with Crippen LogP contribution in [0.3, 0.4) is 0 Å². The van der Waals surface area contributed by atoms with Crippen LogP contribution in [-0.4, -0.2) is 48.6 Å². The molecular formula is C18H25NO6S. The number of carbonyl (C=O) groups excluding carboxylic acids is 3. The molecule has 1 rings (SSSR count). The van der Waals surface area contributed by atoms with E-state index < -0.39 is 17.7 Å². The number of amides is 1. The molecule has 0 aliphatic heterocycles. The lowest BCUT2D eigenvalue weighted by Crippen LogP contribution is -2.41. The summed E-state index contributed by atoms with van der Waals surface area (Å²) >= 11 is 0.831. The summed E-state index contributed by atoms with van der Waals surface area (Å²) < 4.78 is 15.4. The zero-order valence-electron chi connectivity index (χ0n) is 15.9. The Morgan fingerprint density at radius 1 is 1.15 bits per heavy atom. The third-order valence-electron chi connectivity index (χ3n) is 3.14. The van der Waals surface area contributed by atoms with E-state index in [1.807, 2.05) is 0 Å². The number of thioether (sulfide) groups is 1. The van der Waals surface area contributed by atoms with Crippen molar-refractivity contribution in [3.8, 4) is 11.5 Å². The molecule has 0 fully saturated rings. The highest BCUT2D eigenvalue weighted by Gasteiger charge is 2.22. The van der Waals surface area contributed by atoms with Crippen LogP contribution in [0.15, 0.2) is 18.2 Å². The van der Waals surface area contributed by atoms with E-state index >= 15 is 0 Å². The highest BCUT2D eigenvalue weighted by atomic mass is 32.2. The summed E-state index contributed by atoms with van der Waals surface area (Å²) in [7, 11) is 2.97. The summed E-state index contributed by atoms with van der Waals surface area (Å²) in [5.41, 5.74) is -0.290. The minimum atomic E-state index is -0.777. The summed E-state index contributed by atoms with van der Waals surface area (Å²) in [6.07, 6.45) is -0.679. The Balaban J connectivity index is 2.61. The van der Waals surface area contributed by atoms with Gasteiger partial charge in [-0.05, 0) is 39.8 Å². The molecule has 0 aliphatic rings. The van der Waals surface area contributed by atoms with Gasteiger partial charge in [-0.3, -0.25) is 9.59 Å². The lowest BCUT2D eigenvalue weighted by Gasteiger charge is -2.21. The number of rotatable bonds is 7. The number of alkyl carbamates (subject to hydrolysis) is 1. The number of carbonyl (C=O) groups is 3. The van der Waals surface area contributed by atoms with E-state index in [2.05, 4.69) is 5.32 Å². The number of ketones is 1. The van der Waals surface area contributed by atoms with Crippen LogP contribution in [0.4, 0.5) is 4.79 Å². The van der Waals surface area contributed by atoms with Gasteiger partial charge < -0.3 is 19.5 Å². The molecular weight excluding hydrogens is 358 g/mol. The molecule has 26 heavy (non-hydrogen) atoms. The van der Waals surface area contributed by atoms with Crippen LogP contribution >= 0.6 is 11.8 Å². The average molecular weight is 383 g/mol. The summed E-state index contributed by atoms with van der Waals surface area (Å²) in [6.45, 7) is 6.73. The van der Waals surface area contributed by atoms with Crippen molar-refractivity contribution in [2.45, 2.75) is 39.3 Å². The normalized spacial score (nSPS) is 12.1. The van der Waals surface area contributed by atoms with E-state index in [0.717, 1.165) is 11.8 Å². The number of Topliss-reactive ketones (excluding diaryl/α,β-unsaturated/α-hetero) is 1. The van der Waals surface area contributed by atoms with Gasteiger partial charge in [0.15, 0.2) is 5.78 Å². The van der Waals surface area contributed by atoms with Gasteiger partial charge in [-0.25, -0.2) is 4.79 Å². The Hall–Kier alpha value is -2.22. The standard InChI is InChI=1S/C18H25NO6S/c1-11(19-17(22)25-18(2,3)4)16(21)26-10-14(20)13-8-7-12(23-5)9-15(13)24-6/h7-9,11H,10H2,1-6H3,(H,19,22). The van der Waals surface area contributed by atoms with Gasteiger partial charge in [0.1, 0.15) is 17.1 Å². The van der Waals surface area contributed by atoms with Gasteiger partial charge in [-0.2, -0.15) is 0 Å². The van der Waals surface area contributed by atoms with Crippen molar-refractivity contribution >= 4 is 28.8 Å². The molecule has 0 spiro atoms. The zero-order chi connectivity index (χ0) is 19.9. The Morgan fingerprint density at radius 3 is 2.35 bits per heavy atom. The number of methoxy groups -OCH3 is 2. The molecule has 1 atom stereocenters. The second kappa shape index (κ2) is 9.47. The minimum Gasteiger partial charge on any atom is -0.497 e. The molecule has 7 nitrogen and oxygen atoms in total. The van der Waals surface area contributed by atoms with Crippen LogP contribution in [-0.2, 0) is 9.53 Å². The van der Waals surface area contributed by atoms with Crippen molar-refractivity contribution in [2.24, 2.45) is 0 Å². The third-order valence-corrected chi connectivity index (χ3v) is 4.19. The van der Waals surface area contributed by atoms with Crippen LogP contribution in [0.2, 0.25) is 0 Å². The van der Waals surface area contributed by atoms with Crippen molar-refractivity contribution in [3.05, 3.63) is 23.8 Å². The molecule has 1 aromatic rings. The first-order chi connectivity index (χ1) is 12.1. The van der Waals surface area contributed by atoms with Crippen molar-refractivity contribution < 1.29 is 28.6 Å². The molecule has 144 valence electrons. The molecule has 1 aromatic carbocycles. The molecule has 0 bridgehead atoms. The molecule has 0 saturated heterocycles. The van der Waals surface area contributed by atoms with Crippen LogP contribution < -0.4 is 14.8 Å². The first kappa shape index (κ1) is 21.8. The lowest BCUT2D eigenvalue weighted by atomic mass is 10.1. The lowest BCUT2D eigenvalue weighted by molar-refractivity contribution is -0.112. The van der Waals surface area contributed by atoms with E-state index in [9.17, 15) is 14.4 Å². The fourth-order valence-electron chi connectivity index (χ4n) is 1.91. The summed E-state index contributed by atoms with van der Waals surface area (Å²) in [4.78, 5) is 36.2. The number of benzene rings is 1. The van der Waals surface area contributed by atoms with E-state index in [0.29, 0.717) is 17.1 Å². The Labute approximate surface area is 157 Å². The fraction of sp³-hybridized carbons (Fsp3) is 0.500. The fourth-order valence-corrected chi connectivity index (χ4v) is 2.65. The Bertz CT molecular complexity index is 668. The van der Waals surface area contributed by atoms with Crippen molar-refractivity contribution in [3.63, 3.8) is 0 Å². The summed E-state index contributed by atoms with van der Waals surface area (Å²) in [5, 5.41) is 2.12. The molecule has 0 radical (unpaired) electrons. The van der Waals surface area contributed by atoms with Crippen LogP contribution in [0.25, 0.3) is 0 Å². The van der Waals surface area contributed by atoms with Gasteiger partial charge in [0.25, 0.3) is 0 Å². The molecule has 0 aromatic heterocycles. The summed E-state index contributed by atoms with van der Waals surface area (Å²) in [5.74, 6) is 0.619. The van der Waals surface area contributed by atoms with E-state index in [4.69, 9.17) is 14.2 Å². The van der Waals surface area contributed by atoms with Gasteiger partial charge in [-0.15, -0.1) is 0 Å². The van der Waals surface area contributed by atoms with Crippen LogP contribution in [0, 0.1) is 0 Å².